The third kappa shape index (κ3) is 5.35. The van der Waals surface area contributed by atoms with Crippen LogP contribution in [0.5, 0.6) is 0 Å². The maximum Gasteiger partial charge on any atom is 0.237 e. The van der Waals surface area contributed by atoms with E-state index in [-0.39, 0.29) is 36.8 Å². The van der Waals surface area contributed by atoms with Crippen molar-refractivity contribution in [2.45, 2.75) is 44.7 Å². The van der Waals surface area contributed by atoms with E-state index in [2.05, 4.69) is 46.7 Å². The molecule has 2 heterocycles. The molecule has 6 heteroatoms. The van der Waals surface area contributed by atoms with E-state index in [1.807, 2.05) is 0 Å². The summed E-state index contributed by atoms with van der Waals surface area (Å²) in [6.07, 6.45) is 4.59. The Balaban J connectivity index is 0.00000144. The fourth-order valence-corrected chi connectivity index (χ4v) is 3.53. The molecule has 4 nitrogen and oxygen atoms in total. The van der Waals surface area contributed by atoms with Gasteiger partial charge < -0.3 is 10.6 Å². The quantitative estimate of drug-likeness (QED) is 0.833. The number of nitrogens with zero attached hydrogens (tertiary/aromatic N) is 1. The van der Waals surface area contributed by atoms with Crippen molar-refractivity contribution in [3.05, 3.63) is 35.4 Å². The molecule has 136 valence electrons. The van der Waals surface area contributed by atoms with E-state index in [0.717, 1.165) is 32.5 Å². The lowest BCUT2D eigenvalue weighted by atomic mass is 10.0. The van der Waals surface area contributed by atoms with Crippen LogP contribution in [0, 0.1) is 6.92 Å². The van der Waals surface area contributed by atoms with Gasteiger partial charge in [-0.15, -0.1) is 24.8 Å². The van der Waals surface area contributed by atoms with Crippen LogP contribution in [-0.4, -0.2) is 43.0 Å². The van der Waals surface area contributed by atoms with Gasteiger partial charge in [0.15, 0.2) is 0 Å². The minimum Gasteiger partial charge on any atom is -0.353 e. The molecule has 0 saturated carbocycles. The lowest BCUT2D eigenvalue weighted by Gasteiger charge is -2.28. The van der Waals surface area contributed by atoms with E-state index < -0.39 is 0 Å². The summed E-state index contributed by atoms with van der Waals surface area (Å²) in [5.74, 6) is 0.161. The third-order valence-corrected chi connectivity index (χ3v) is 4.89. The van der Waals surface area contributed by atoms with E-state index in [0.29, 0.717) is 12.6 Å². The Bertz CT molecular complexity index is 497. The Morgan fingerprint density at radius 2 is 1.88 bits per heavy atom. The average Bonchev–Trinajstić information content (AvgIpc) is 3.22. The van der Waals surface area contributed by atoms with Gasteiger partial charge >= 0.3 is 0 Å². The zero-order valence-corrected chi connectivity index (χ0v) is 15.9. The van der Waals surface area contributed by atoms with Gasteiger partial charge in [0, 0.05) is 6.54 Å². The molecule has 2 atom stereocenters. The fourth-order valence-electron chi connectivity index (χ4n) is 3.53. The van der Waals surface area contributed by atoms with Crippen LogP contribution in [0.2, 0.25) is 0 Å². The predicted molar refractivity (Wildman–Crippen MR) is 103 cm³/mol. The molecule has 0 aromatic heterocycles. The number of benzene rings is 1. The summed E-state index contributed by atoms with van der Waals surface area (Å²) >= 11 is 0. The smallest absolute Gasteiger partial charge is 0.237 e. The number of nitrogens with one attached hydrogen (secondary N) is 2. The standard InChI is InChI=1S/C18H27N3O.2ClH/c1-14-6-8-15(9-7-14)17(21-11-2-3-12-21)13-20-18(22)16-5-4-10-19-16;;/h6-9,16-17,19H,2-5,10-13H2,1H3,(H,20,22);2*1H. The van der Waals surface area contributed by atoms with E-state index in [9.17, 15) is 4.79 Å². The first-order chi connectivity index (χ1) is 10.7. The molecule has 2 saturated heterocycles. The number of rotatable bonds is 5. The number of likely N-dealkylation sites (tertiary alicyclic amines) is 1. The highest BCUT2D eigenvalue weighted by Crippen LogP contribution is 2.25. The summed E-state index contributed by atoms with van der Waals surface area (Å²) in [6, 6.07) is 9.05. The van der Waals surface area contributed by atoms with Gasteiger partial charge in [0.25, 0.3) is 0 Å². The molecule has 1 amide bonds. The van der Waals surface area contributed by atoms with Crippen LogP contribution in [0.25, 0.3) is 0 Å². The number of hydrogen-bond acceptors (Lipinski definition) is 3. The Hall–Kier alpha value is -0.810. The summed E-state index contributed by atoms with van der Waals surface area (Å²) in [4.78, 5) is 14.8. The largest absolute Gasteiger partial charge is 0.353 e. The van der Waals surface area contributed by atoms with Crippen molar-refractivity contribution < 1.29 is 4.79 Å². The minimum atomic E-state index is 0. The van der Waals surface area contributed by atoms with Gasteiger partial charge in [-0.3, -0.25) is 9.69 Å². The third-order valence-electron chi connectivity index (χ3n) is 4.89. The van der Waals surface area contributed by atoms with Crippen molar-refractivity contribution in [2.75, 3.05) is 26.2 Å². The zero-order chi connectivity index (χ0) is 15.4. The van der Waals surface area contributed by atoms with E-state index in [1.165, 1.54) is 24.0 Å². The van der Waals surface area contributed by atoms with Gasteiger partial charge in [-0.2, -0.15) is 0 Å². The van der Waals surface area contributed by atoms with Crippen molar-refractivity contribution in [1.82, 2.24) is 15.5 Å². The number of amides is 1. The monoisotopic (exact) mass is 373 g/mol. The van der Waals surface area contributed by atoms with Crippen LogP contribution in [0.3, 0.4) is 0 Å². The van der Waals surface area contributed by atoms with Gasteiger partial charge in [-0.25, -0.2) is 0 Å². The van der Waals surface area contributed by atoms with Crippen molar-refractivity contribution >= 4 is 30.7 Å². The summed E-state index contributed by atoms with van der Waals surface area (Å²) in [6.45, 7) is 6.06. The summed E-state index contributed by atoms with van der Waals surface area (Å²) in [5.41, 5.74) is 2.59. The first-order valence-corrected chi connectivity index (χ1v) is 8.56. The van der Waals surface area contributed by atoms with E-state index in [4.69, 9.17) is 0 Å². The van der Waals surface area contributed by atoms with E-state index in [1.54, 1.807) is 0 Å². The normalized spacial score (nSPS) is 21.6. The fraction of sp³-hybridized carbons (Fsp3) is 0.611. The minimum absolute atomic E-state index is 0. The first kappa shape index (κ1) is 21.2. The molecule has 0 spiro atoms. The number of carbonyl (C=O) groups is 1. The molecule has 2 aliphatic rings. The molecule has 2 unspecified atom stereocenters. The molecule has 2 fully saturated rings. The first-order valence-electron chi connectivity index (χ1n) is 8.56. The van der Waals surface area contributed by atoms with Crippen LogP contribution in [0.15, 0.2) is 24.3 Å². The molecule has 0 aliphatic carbocycles. The van der Waals surface area contributed by atoms with Crippen molar-refractivity contribution in [3.63, 3.8) is 0 Å². The van der Waals surface area contributed by atoms with Gasteiger partial charge in [-0.1, -0.05) is 29.8 Å². The molecule has 0 radical (unpaired) electrons. The molecule has 2 aliphatic heterocycles. The molecule has 1 aromatic rings. The van der Waals surface area contributed by atoms with Crippen molar-refractivity contribution in [3.8, 4) is 0 Å². The summed E-state index contributed by atoms with van der Waals surface area (Å²) in [7, 11) is 0. The van der Waals surface area contributed by atoms with Crippen LogP contribution >= 0.6 is 24.8 Å². The van der Waals surface area contributed by atoms with Crippen LogP contribution in [0.1, 0.15) is 42.9 Å². The highest BCUT2D eigenvalue weighted by atomic mass is 35.5. The summed E-state index contributed by atoms with van der Waals surface area (Å²) < 4.78 is 0. The molecule has 24 heavy (non-hydrogen) atoms. The average molecular weight is 374 g/mol. The van der Waals surface area contributed by atoms with Crippen molar-refractivity contribution in [1.29, 1.82) is 0 Å². The Morgan fingerprint density at radius 3 is 2.46 bits per heavy atom. The maximum atomic E-state index is 12.3. The number of halogens is 2. The van der Waals surface area contributed by atoms with Gasteiger partial charge in [0.2, 0.25) is 5.91 Å². The topological polar surface area (TPSA) is 44.4 Å². The van der Waals surface area contributed by atoms with Gasteiger partial charge in [-0.05, 0) is 57.8 Å². The molecule has 0 bridgehead atoms. The second-order valence-corrected chi connectivity index (χ2v) is 6.56. The molecular formula is C18H29Cl2N3O. The van der Waals surface area contributed by atoms with Crippen LogP contribution in [0.4, 0.5) is 0 Å². The van der Waals surface area contributed by atoms with Crippen LogP contribution in [-0.2, 0) is 4.79 Å². The molecule has 3 rings (SSSR count). The number of hydrogen-bond donors (Lipinski definition) is 2. The Labute approximate surface area is 157 Å². The second kappa shape index (κ2) is 10.2. The van der Waals surface area contributed by atoms with Crippen LogP contribution < -0.4 is 10.6 Å². The molecular weight excluding hydrogens is 345 g/mol. The lowest BCUT2D eigenvalue weighted by Crippen LogP contribution is -2.44. The van der Waals surface area contributed by atoms with Gasteiger partial charge in [0.05, 0.1) is 12.1 Å². The predicted octanol–water partition coefficient (Wildman–Crippen LogP) is 2.84. The highest BCUT2D eigenvalue weighted by Gasteiger charge is 2.26. The summed E-state index contributed by atoms with van der Waals surface area (Å²) in [5, 5.41) is 6.44. The molecule has 2 N–H and O–H groups in total. The van der Waals surface area contributed by atoms with Gasteiger partial charge in [0.1, 0.15) is 0 Å². The lowest BCUT2D eigenvalue weighted by molar-refractivity contribution is -0.123. The number of carbonyl (C=O) groups excluding carboxylic acids is 1. The maximum absolute atomic E-state index is 12.3. The number of aryl methyl sites for hydroxylation is 1. The zero-order valence-electron chi connectivity index (χ0n) is 14.3. The Morgan fingerprint density at radius 1 is 1.21 bits per heavy atom. The van der Waals surface area contributed by atoms with Crippen molar-refractivity contribution in [2.24, 2.45) is 0 Å². The second-order valence-electron chi connectivity index (χ2n) is 6.56. The highest BCUT2D eigenvalue weighted by molar-refractivity contribution is 5.85. The molecule has 1 aromatic carbocycles. The Kier molecular flexibility index (Phi) is 9.06. The van der Waals surface area contributed by atoms with E-state index >= 15 is 0 Å². The SMILES string of the molecule is Cc1ccc(C(CNC(=O)C2CCCN2)N2CCCC2)cc1.Cl.Cl.